The van der Waals surface area contributed by atoms with Crippen LogP contribution in [0.5, 0.6) is 5.75 Å². The third kappa shape index (κ3) is 8.78. The summed E-state index contributed by atoms with van der Waals surface area (Å²) in [7, 11) is -2.05. The van der Waals surface area contributed by atoms with Crippen LogP contribution in [0.15, 0.2) is 134 Å². The van der Waals surface area contributed by atoms with Gasteiger partial charge in [0.25, 0.3) is 0 Å². The summed E-state index contributed by atoms with van der Waals surface area (Å²) in [6.07, 6.45) is 1.75. The predicted molar refractivity (Wildman–Crippen MR) is 298 cm³/mol. The number of hydrogen-bond donors (Lipinski definition) is 1. The molecule has 69 heavy (non-hydrogen) atoms. The van der Waals surface area contributed by atoms with E-state index in [1.807, 2.05) is 11.3 Å². The van der Waals surface area contributed by atoms with Crippen molar-refractivity contribution in [2.24, 2.45) is 0 Å². The molecule has 3 heterocycles. The summed E-state index contributed by atoms with van der Waals surface area (Å²) in [5.74, 6) is 0.957. The summed E-state index contributed by atoms with van der Waals surface area (Å²) >= 11 is 1.87. The highest BCUT2D eigenvalue weighted by atomic mass is 32.1. The summed E-state index contributed by atoms with van der Waals surface area (Å²) in [5.41, 5.74) is 15.9. The van der Waals surface area contributed by atoms with E-state index in [4.69, 9.17) is 15.0 Å². The first kappa shape index (κ1) is 47.9. The minimum absolute atomic E-state index is 0.0789. The Morgan fingerprint density at radius 1 is 0.536 bits per heavy atom. The highest BCUT2D eigenvalue weighted by Gasteiger charge is 2.33. The first-order valence-electron chi connectivity index (χ1n) is 24.4. The fraction of sp³-hybridized carbons (Fsp3) is 0.306. The van der Waals surface area contributed by atoms with E-state index in [1.54, 1.807) is 6.33 Å². The molecule has 0 aliphatic carbocycles. The van der Waals surface area contributed by atoms with Crippen molar-refractivity contribution in [3.05, 3.63) is 162 Å². The Morgan fingerprint density at radius 3 is 1.78 bits per heavy atom. The molecule has 0 spiro atoms. The molecule has 0 aliphatic heterocycles. The number of rotatable bonds is 7. The number of phenols is 1. The molecule has 0 atom stereocenters. The van der Waals surface area contributed by atoms with Crippen LogP contribution in [0.3, 0.4) is 0 Å². The molecule has 0 fully saturated rings. The van der Waals surface area contributed by atoms with Crippen LogP contribution < -0.4 is 9.69 Å². The van der Waals surface area contributed by atoms with E-state index in [2.05, 4.69) is 235 Å². The van der Waals surface area contributed by atoms with Crippen LogP contribution in [0.4, 0.5) is 0 Å². The molecule has 3 aromatic heterocycles. The molecule has 1 N–H and O–H groups in total. The number of aromatic hydroxyl groups is 1. The molecule has 0 saturated carbocycles. The van der Waals surface area contributed by atoms with Gasteiger partial charge in [-0.05, 0) is 98.4 Å². The van der Waals surface area contributed by atoms with Crippen molar-refractivity contribution in [1.29, 1.82) is 0 Å². The first-order valence-corrected chi connectivity index (χ1v) is 28.2. The zero-order chi connectivity index (χ0) is 49.6. The van der Waals surface area contributed by atoms with Crippen molar-refractivity contribution in [3.63, 3.8) is 0 Å². The van der Waals surface area contributed by atoms with E-state index in [9.17, 15) is 5.11 Å². The highest BCUT2D eigenvalue weighted by Crippen LogP contribution is 2.47. The second kappa shape index (κ2) is 17.1. The average molecular weight is 945 g/mol. The molecule has 7 heteroatoms. The number of benzene rings is 6. The Bertz CT molecular complexity index is 3410. The maximum absolute atomic E-state index is 12.6. The molecule has 6 aromatic carbocycles. The van der Waals surface area contributed by atoms with Gasteiger partial charge in [0.15, 0.2) is 0 Å². The highest BCUT2D eigenvalue weighted by molar-refractivity contribution is 7.34. The molecule has 0 aliphatic rings. The van der Waals surface area contributed by atoms with E-state index in [0.29, 0.717) is 11.4 Å². The molecule has 0 unspecified atom stereocenters. The Balaban J connectivity index is 1.36. The monoisotopic (exact) mass is 944 g/mol. The van der Waals surface area contributed by atoms with E-state index >= 15 is 0 Å². The molecule has 5 nitrogen and oxygen atoms in total. The normalized spacial score (nSPS) is 12.9. The quantitative estimate of drug-likeness (QED) is 0.162. The topological polar surface area (TPSA) is 63.8 Å². The molecule has 9 aromatic rings. The minimum atomic E-state index is -2.05. The molecular formula is C62H68N4OSSi. The minimum Gasteiger partial charge on any atom is -0.507 e. The molecule has 0 radical (unpaired) electrons. The van der Waals surface area contributed by atoms with E-state index in [1.165, 1.54) is 26.4 Å². The number of aromatic nitrogens is 4. The van der Waals surface area contributed by atoms with E-state index in [0.717, 1.165) is 71.6 Å². The van der Waals surface area contributed by atoms with Crippen LogP contribution in [-0.4, -0.2) is 32.7 Å². The van der Waals surface area contributed by atoms with Crippen LogP contribution in [0.25, 0.3) is 71.8 Å². The lowest BCUT2D eigenvalue weighted by Gasteiger charge is -2.28. The van der Waals surface area contributed by atoms with Gasteiger partial charge in [-0.2, -0.15) is 0 Å². The maximum Gasteiger partial charge on any atom is 0.149 e. The fourth-order valence-corrected chi connectivity index (χ4v) is 14.8. The van der Waals surface area contributed by atoms with Crippen molar-refractivity contribution >= 4 is 50.3 Å². The SMILES string of the molecule is Cc1c([Si](C)(C)c2ccccc2)sc2c(-c3cc(-c4cccc5c4nc(-c4cc(C(C)(C)C)cc(C(C)(C)C)c4O)n5-c4ccc(C(C)(C)C)cc4-c4ccccc4)cc(C(C)(C)C)c3)ncnc12. The molecule has 0 amide bonds. The van der Waals surface area contributed by atoms with Gasteiger partial charge in [0.2, 0.25) is 0 Å². The number of thiophene rings is 1. The second-order valence-corrected chi connectivity index (χ2v) is 29.4. The van der Waals surface area contributed by atoms with Gasteiger partial charge in [-0.25, -0.2) is 15.0 Å². The maximum atomic E-state index is 12.6. The van der Waals surface area contributed by atoms with Crippen LogP contribution in [-0.2, 0) is 21.7 Å². The third-order valence-electron chi connectivity index (χ3n) is 14.0. The Labute approximate surface area is 415 Å². The molecule has 9 rings (SSSR count). The largest absolute Gasteiger partial charge is 0.507 e. The summed E-state index contributed by atoms with van der Waals surface area (Å²) < 4.78 is 4.86. The van der Waals surface area contributed by atoms with Crippen LogP contribution >= 0.6 is 11.3 Å². The van der Waals surface area contributed by atoms with E-state index in [-0.39, 0.29) is 27.4 Å². The van der Waals surface area contributed by atoms with Crippen LogP contribution in [0, 0.1) is 6.92 Å². The van der Waals surface area contributed by atoms with Crippen molar-refractivity contribution in [1.82, 2.24) is 19.5 Å². The van der Waals surface area contributed by atoms with Crippen molar-refractivity contribution in [3.8, 4) is 56.3 Å². The Kier molecular flexibility index (Phi) is 11.8. The lowest BCUT2D eigenvalue weighted by atomic mass is 9.79. The number of nitrogens with zero attached hydrogens (tertiary/aromatic N) is 4. The first-order chi connectivity index (χ1) is 32.3. The molecule has 0 bridgehead atoms. The summed E-state index contributed by atoms with van der Waals surface area (Å²) in [5, 5.41) is 14.0. The van der Waals surface area contributed by atoms with Crippen LogP contribution in [0.2, 0.25) is 13.1 Å². The van der Waals surface area contributed by atoms with Crippen LogP contribution in [0.1, 0.15) is 111 Å². The van der Waals surface area contributed by atoms with Gasteiger partial charge in [0.05, 0.1) is 38.2 Å². The lowest BCUT2D eigenvalue weighted by Crippen LogP contribution is -2.52. The third-order valence-corrected chi connectivity index (χ3v) is 20.3. The van der Waals surface area contributed by atoms with Gasteiger partial charge >= 0.3 is 0 Å². The number of para-hydroxylation sites is 1. The van der Waals surface area contributed by atoms with Crippen molar-refractivity contribution in [2.75, 3.05) is 0 Å². The average Bonchev–Trinajstić information content (AvgIpc) is 3.86. The van der Waals surface area contributed by atoms with Gasteiger partial charge in [-0.15, -0.1) is 11.3 Å². The Hall–Kier alpha value is -6.15. The standard InChI is InChI=1S/C62H68N4OSSi/c1-38-52-56(68-58(38)69(14,15)45-25-20-17-21-26-45)53(64-37-63-52)41-31-40(32-43(33-41)60(5,6)7)46-27-22-28-51-54(46)65-57(48-35-44(61(8,9)10)36-49(55(48)67)62(11,12)13)66(51)50-30-29-42(59(2,3)4)34-47(50)39-23-18-16-19-24-39/h16-37,67H,1-15H3. The zero-order valence-electron chi connectivity index (χ0n) is 43.3. The molecule has 0 saturated heterocycles. The zero-order valence-corrected chi connectivity index (χ0v) is 45.2. The number of aryl methyl sites for hydroxylation is 1. The molecular weight excluding hydrogens is 877 g/mol. The van der Waals surface area contributed by atoms with Gasteiger partial charge in [-0.1, -0.05) is 192 Å². The number of hydrogen-bond acceptors (Lipinski definition) is 5. The summed E-state index contributed by atoms with van der Waals surface area (Å²) in [6.45, 7) is 34.0. The number of fused-ring (bicyclic) bond motifs is 2. The second-order valence-electron chi connectivity index (χ2n) is 23.7. The van der Waals surface area contributed by atoms with Gasteiger partial charge in [0, 0.05) is 26.8 Å². The number of imidazole rings is 1. The fourth-order valence-electron chi connectivity index (χ4n) is 9.78. The van der Waals surface area contributed by atoms with Gasteiger partial charge in [-0.3, -0.25) is 4.57 Å². The number of phenolic OH excluding ortho intramolecular Hbond substituents is 1. The summed E-state index contributed by atoms with van der Waals surface area (Å²) in [6, 6.07) is 46.4. The van der Waals surface area contributed by atoms with E-state index < -0.39 is 8.07 Å². The smallest absolute Gasteiger partial charge is 0.149 e. The predicted octanol–water partition coefficient (Wildman–Crippen LogP) is 15.7. The lowest BCUT2D eigenvalue weighted by molar-refractivity contribution is 0.446. The van der Waals surface area contributed by atoms with Gasteiger partial charge in [0.1, 0.15) is 26.0 Å². The van der Waals surface area contributed by atoms with Gasteiger partial charge < -0.3 is 5.11 Å². The van der Waals surface area contributed by atoms with Crippen molar-refractivity contribution < 1.29 is 5.11 Å². The summed E-state index contributed by atoms with van der Waals surface area (Å²) in [4.78, 5) is 15.8. The molecule has 352 valence electrons. The Morgan fingerprint density at radius 2 is 1.14 bits per heavy atom. The van der Waals surface area contributed by atoms with Crippen molar-refractivity contribution in [2.45, 2.75) is 125 Å².